The summed E-state index contributed by atoms with van der Waals surface area (Å²) in [6, 6.07) is 0.862. The number of ether oxygens (including phenoxy) is 2. The number of nitrogens with zero attached hydrogens (tertiary/aromatic N) is 2. The number of esters is 2. The number of urea groups is 1. The van der Waals surface area contributed by atoms with Crippen LogP contribution < -0.4 is 5.32 Å². The molecule has 2 atom stereocenters. The number of halogens is 2. The zero-order chi connectivity index (χ0) is 22.5. The first-order valence-electron chi connectivity index (χ1n) is 9.55. The molecule has 2 N–H and O–H groups in total. The predicted octanol–water partition coefficient (Wildman–Crippen LogP) is 1.84. The number of nitrogens with one attached hydrogen (secondary N) is 2. The Morgan fingerprint density at radius 1 is 1.29 bits per heavy atom. The van der Waals surface area contributed by atoms with Crippen LogP contribution in [0.1, 0.15) is 35.8 Å². The molecular weight excluding hydrogens is 414 g/mol. The fourth-order valence-electron chi connectivity index (χ4n) is 3.53. The molecule has 9 nitrogen and oxygen atoms in total. The number of hydrogen-bond donors (Lipinski definition) is 2. The molecule has 1 aromatic heterocycles. The Morgan fingerprint density at radius 3 is 2.77 bits per heavy atom. The van der Waals surface area contributed by atoms with E-state index in [0.29, 0.717) is 17.8 Å². The van der Waals surface area contributed by atoms with Crippen LogP contribution in [0.4, 0.5) is 13.6 Å². The van der Waals surface area contributed by atoms with Crippen molar-refractivity contribution >= 4 is 18.0 Å². The maximum absolute atomic E-state index is 14.6. The molecular formula is C20H22F2N4O5. The van der Waals surface area contributed by atoms with Gasteiger partial charge in [-0.25, -0.2) is 23.4 Å². The topological polar surface area (TPSA) is 114 Å². The summed E-state index contributed by atoms with van der Waals surface area (Å²) >= 11 is 0. The van der Waals surface area contributed by atoms with E-state index in [4.69, 9.17) is 4.74 Å². The van der Waals surface area contributed by atoms with E-state index < -0.39 is 41.7 Å². The Balaban J connectivity index is 1.89. The van der Waals surface area contributed by atoms with Gasteiger partial charge in [-0.05, 0) is 12.5 Å². The second-order valence-corrected chi connectivity index (χ2v) is 6.90. The highest BCUT2D eigenvalue weighted by molar-refractivity contribution is 5.84. The molecule has 31 heavy (non-hydrogen) atoms. The van der Waals surface area contributed by atoms with Crippen molar-refractivity contribution in [1.82, 2.24) is 20.2 Å². The van der Waals surface area contributed by atoms with Crippen LogP contribution in [-0.4, -0.2) is 59.6 Å². The number of methoxy groups -OCH3 is 2. The van der Waals surface area contributed by atoms with Gasteiger partial charge in [-0.15, -0.1) is 0 Å². The van der Waals surface area contributed by atoms with Gasteiger partial charge in [0.2, 0.25) is 0 Å². The first kappa shape index (κ1) is 22.2. The lowest BCUT2D eigenvalue weighted by molar-refractivity contribution is -0.144. The van der Waals surface area contributed by atoms with Gasteiger partial charge in [-0.1, -0.05) is 12.1 Å². The van der Waals surface area contributed by atoms with Gasteiger partial charge in [-0.3, -0.25) is 4.79 Å². The third-order valence-corrected chi connectivity index (χ3v) is 5.11. The maximum atomic E-state index is 14.6. The minimum Gasteiger partial charge on any atom is -0.469 e. The van der Waals surface area contributed by atoms with E-state index in [0.717, 1.165) is 13.2 Å². The van der Waals surface area contributed by atoms with Crippen LogP contribution in [0.3, 0.4) is 0 Å². The van der Waals surface area contributed by atoms with Crippen LogP contribution >= 0.6 is 0 Å². The molecule has 0 unspecified atom stereocenters. The van der Waals surface area contributed by atoms with Crippen LogP contribution in [0.25, 0.3) is 0 Å². The molecule has 1 aliphatic heterocycles. The second-order valence-electron chi connectivity index (χ2n) is 6.90. The summed E-state index contributed by atoms with van der Waals surface area (Å²) in [6.07, 6.45) is 1.65. The van der Waals surface area contributed by atoms with Gasteiger partial charge in [-0.2, -0.15) is 0 Å². The Hall–Kier alpha value is -3.50. The van der Waals surface area contributed by atoms with Crippen LogP contribution in [-0.2, 0) is 25.5 Å². The van der Waals surface area contributed by atoms with Crippen molar-refractivity contribution in [3.8, 4) is 0 Å². The van der Waals surface area contributed by atoms with Crippen molar-refractivity contribution in [2.24, 2.45) is 0 Å². The highest BCUT2D eigenvalue weighted by atomic mass is 19.2. The number of rotatable bonds is 6. The molecule has 0 saturated carbocycles. The Kier molecular flexibility index (Phi) is 6.83. The highest BCUT2D eigenvalue weighted by Gasteiger charge is 2.37. The number of aromatic nitrogens is 2. The average Bonchev–Trinajstić information content (AvgIpc) is 3.26. The molecule has 11 heteroatoms. The summed E-state index contributed by atoms with van der Waals surface area (Å²) in [6.45, 7) is 0.159. The summed E-state index contributed by atoms with van der Waals surface area (Å²) in [5, 5.41) is 2.52. The maximum Gasteiger partial charge on any atom is 0.328 e. The summed E-state index contributed by atoms with van der Waals surface area (Å²) < 4.78 is 37.8. The summed E-state index contributed by atoms with van der Waals surface area (Å²) in [4.78, 5) is 45.1. The zero-order valence-corrected chi connectivity index (χ0v) is 17.0. The highest BCUT2D eigenvalue weighted by Crippen LogP contribution is 2.35. The quantitative estimate of drug-likeness (QED) is 0.668. The lowest BCUT2D eigenvalue weighted by Crippen LogP contribution is -2.51. The van der Waals surface area contributed by atoms with Crippen molar-refractivity contribution in [3.05, 3.63) is 53.1 Å². The number of imidazole rings is 1. The monoisotopic (exact) mass is 436 g/mol. The third-order valence-electron chi connectivity index (χ3n) is 5.11. The zero-order valence-electron chi connectivity index (χ0n) is 17.0. The number of fused-ring (bicyclic) bond motifs is 1. The smallest absolute Gasteiger partial charge is 0.328 e. The van der Waals surface area contributed by atoms with Gasteiger partial charge in [0.15, 0.2) is 11.6 Å². The fraction of sp³-hybridized carbons (Fsp3) is 0.400. The molecule has 2 heterocycles. The van der Waals surface area contributed by atoms with E-state index in [1.165, 1.54) is 30.5 Å². The Morgan fingerprint density at radius 2 is 2.06 bits per heavy atom. The van der Waals surface area contributed by atoms with Gasteiger partial charge in [0.1, 0.15) is 12.1 Å². The number of benzene rings is 1. The molecule has 1 aliphatic rings. The minimum atomic E-state index is -1.13. The van der Waals surface area contributed by atoms with Crippen LogP contribution in [0.2, 0.25) is 0 Å². The Labute approximate surface area is 176 Å². The van der Waals surface area contributed by atoms with Crippen molar-refractivity contribution in [3.63, 3.8) is 0 Å². The summed E-state index contributed by atoms with van der Waals surface area (Å²) in [7, 11) is 2.36. The van der Waals surface area contributed by atoms with Gasteiger partial charge < -0.3 is 24.7 Å². The number of hydrogen-bond acceptors (Lipinski definition) is 6. The first-order chi connectivity index (χ1) is 14.9. The van der Waals surface area contributed by atoms with Crippen LogP contribution in [0, 0.1) is 11.6 Å². The molecule has 0 spiro atoms. The molecule has 0 bridgehead atoms. The van der Waals surface area contributed by atoms with E-state index in [1.807, 2.05) is 0 Å². The predicted molar refractivity (Wildman–Crippen MR) is 103 cm³/mol. The van der Waals surface area contributed by atoms with E-state index in [2.05, 4.69) is 20.0 Å². The van der Waals surface area contributed by atoms with E-state index >= 15 is 0 Å². The third kappa shape index (κ3) is 4.65. The Bertz CT molecular complexity index is 980. The molecule has 166 valence electrons. The van der Waals surface area contributed by atoms with Gasteiger partial charge in [0.05, 0.1) is 26.2 Å². The van der Waals surface area contributed by atoms with Gasteiger partial charge >= 0.3 is 18.0 Å². The standard InChI is InChI=1S/C20H22F2N4O5/c1-30-15(27)7-6-14(19(28)31-2)25-20(29)26-9-8-13-17(24-10-23-13)18(26)11-4-3-5-12(21)16(11)22/h3-5,10,14,18H,6-9H2,1-2H3,(H,23,24)(H,25,29)/t14-,18+/m0/s1. The van der Waals surface area contributed by atoms with E-state index in [1.54, 1.807) is 0 Å². The van der Waals surface area contributed by atoms with Crippen molar-refractivity contribution < 1.29 is 32.6 Å². The number of carbonyl (C=O) groups is 3. The molecule has 0 radical (unpaired) electrons. The van der Waals surface area contributed by atoms with Crippen molar-refractivity contribution in [2.75, 3.05) is 20.8 Å². The number of carbonyl (C=O) groups excluding carboxylic acids is 3. The lowest BCUT2D eigenvalue weighted by Gasteiger charge is -2.36. The van der Waals surface area contributed by atoms with E-state index in [-0.39, 0.29) is 24.9 Å². The fourth-order valence-corrected chi connectivity index (χ4v) is 3.53. The summed E-state index contributed by atoms with van der Waals surface area (Å²) in [5.74, 6) is -3.44. The molecule has 3 rings (SSSR count). The largest absolute Gasteiger partial charge is 0.469 e. The SMILES string of the molecule is COC(=O)CC[C@H](NC(=O)N1CCc2[nH]cnc2[C@H]1c1cccc(F)c1F)C(=O)OC. The first-order valence-corrected chi connectivity index (χ1v) is 9.55. The lowest BCUT2D eigenvalue weighted by atomic mass is 9.95. The second kappa shape index (κ2) is 9.54. The van der Waals surface area contributed by atoms with Gasteiger partial charge in [0, 0.05) is 30.6 Å². The normalized spacial score (nSPS) is 16.3. The van der Waals surface area contributed by atoms with E-state index in [9.17, 15) is 23.2 Å². The van der Waals surface area contributed by atoms with Crippen LogP contribution in [0.15, 0.2) is 24.5 Å². The molecule has 2 aromatic rings. The number of aromatic amines is 1. The molecule has 0 saturated heterocycles. The molecule has 0 fully saturated rings. The van der Waals surface area contributed by atoms with Crippen molar-refractivity contribution in [1.29, 1.82) is 0 Å². The molecule has 1 aromatic carbocycles. The summed E-state index contributed by atoms with van der Waals surface area (Å²) in [5.41, 5.74) is 1.02. The molecule has 2 amide bonds. The molecule has 0 aliphatic carbocycles. The number of amides is 2. The number of H-pyrrole nitrogens is 1. The van der Waals surface area contributed by atoms with Crippen molar-refractivity contribution in [2.45, 2.75) is 31.3 Å². The average molecular weight is 436 g/mol. The minimum absolute atomic E-state index is 0.0500. The van der Waals surface area contributed by atoms with Gasteiger partial charge in [0.25, 0.3) is 0 Å². The van der Waals surface area contributed by atoms with Crippen LogP contribution in [0.5, 0.6) is 0 Å².